The lowest BCUT2D eigenvalue weighted by molar-refractivity contribution is -0.137. The molecule has 0 aliphatic rings. The molecule has 1 rings (SSSR count). The topological polar surface area (TPSA) is 92.4 Å². The minimum absolute atomic E-state index is 0.0664. The molecule has 0 aliphatic heterocycles. The average Bonchev–Trinajstić information content (AvgIpc) is 2.33. The van der Waals surface area contributed by atoms with Crippen LogP contribution in [0.1, 0.15) is 5.56 Å². The molecule has 0 aromatic heterocycles. The monoisotopic (exact) mass is 286 g/mol. The Balaban J connectivity index is 2.43. The summed E-state index contributed by atoms with van der Waals surface area (Å²) in [6.45, 7) is 1.75. The van der Waals surface area contributed by atoms with Crippen molar-refractivity contribution < 1.29 is 19.1 Å². The number of hydrogen-bond donors (Lipinski definition) is 3. The van der Waals surface area contributed by atoms with Gasteiger partial charge in [-0.25, -0.2) is 4.39 Å². The SMILES string of the molecule is Cc1ccc(F)cc1NC(=O)CSC[C@@H](N)C(=O)O. The fourth-order valence-corrected chi connectivity index (χ4v) is 2.04. The van der Waals surface area contributed by atoms with E-state index in [9.17, 15) is 14.0 Å². The Kier molecular flexibility index (Phi) is 5.78. The minimum Gasteiger partial charge on any atom is -0.480 e. The highest BCUT2D eigenvalue weighted by Gasteiger charge is 2.12. The van der Waals surface area contributed by atoms with Gasteiger partial charge in [-0.3, -0.25) is 9.59 Å². The summed E-state index contributed by atoms with van der Waals surface area (Å²) in [5.74, 6) is -1.64. The van der Waals surface area contributed by atoms with E-state index in [1.165, 1.54) is 12.1 Å². The van der Waals surface area contributed by atoms with E-state index < -0.39 is 17.8 Å². The predicted octanol–water partition coefficient (Wildman–Crippen LogP) is 1.22. The zero-order chi connectivity index (χ0) is 14.4. The van der Waals surface area contributed by atoms with Crippen LogP contribution in [-0.2, 0) is 9.59 Å². The zero-order valence-corrected chi connectivity index (χ0v) is 11.2. The summed E-state index contributed by atoms with van der Waals surface area (Å²) >= 11 is 1.12. The second-order valence-electron chi connectivity index (χ2n) is 3.97. The Morgan fingerprint density at radius 3 is 2.84 bits per heavy atom. The zero-order valence-electron chi connectivity index (χ0n) is 10.4. The van der Waals surface area contributed by atoms with Crippen molar-refractivity contribution in [2.75, 3.05) is 16.8 Å². The van der Waals surface area contributed by atoms with Crippen LogP contribution in [0.25, 0.3) is 0 Å². The van der Waals surface area contributed by atoms with Crippen LogP contribution in [0, 0.1) is 12.7 Å². The van der Waals surface area contributed by atoms with Gasteiger partial charge in [0.05, 0.1) is 5.75 Å². The quantitative estimate of drug-likeness (QED) is 0.731. The molecule has 19 heavy (non-hydrogen) atoms. The highest BCUT2D eigenvalue weighted by atomic mass is 32.2. The van der Waals surface area contributed by atoms with E-state index >= 15 is 0 Å². The summed E-state index contributed by atoms with van der Waals surface area (Å²) in [6.07, 6.45) is 0. The van der Waals surface area contributed by atoms with Crippen molar-refractivity contribution in [2.24, 2.45) is 5.73 Å². The molecule has 0 spiro atoms. The molecule has 0 aliphatic carbocycles. The number of rotatable bonds is 6. The Morgan fingerprint density at radius 2 is 2.21 bits per heavy atom. The Morgan fingerprint density at radius 1 is 1.53 bits per heavy atom. The Labute approximate surface area is 114 Å². The van der Waals surface area contributed by atoms with Gasteiger partial charge in [0.2, 0.25) is 5.91 Å². The molecule has 4 N–H and O–H groups in total. The smallest absolute Gasteiger partial charge is 0.321 e. The van der Waals surface area contributed by atoms with E-state index in [0.29, 0.717) is 5.69 Å². The third kappa shape index (κ3) is 5.27. The molecular weight excluding hydrogens is 271 g/mol. The number of carbonyl (C=O) groups excluding carboxylic acids is 1. The molecule has 0 saturated carbocycles. The molecule has 0 bridgehead atoms. The van der Waals surface area contributed by atoms with Gasteiger partial charge < -0.3 is 16.2 Å². The number of carbonyl (C=O) groups is 2. The van der Waals surface area contributed by atoms with Gasteiger partial charge in [-0.2, -0.15) is 0 Å². The van der Waals surface area contributed by atoms with Crippen molar-refractivity contribution in [3.8, 4) is 0 Å². The van der Waals surface area contributed by atoms with Crippen molar-refractivity contribution in [1.29, 1.82) is 0 Å². The van der Waals surface area contributed by atoms with E-state index in [0.717, 1.165) is 17.3 Å². The summed E-state index contributed by atoms with van der Waals surface area (Å²) in [5.41, 5.74) is 6.46. The molecule has 0 fully saturated rings. The highest BCUT2D eigenvalue weighted by molar-refractivity contribution is 8.00. The number of carboxylic acid groups (broad SMARTS) is 1. The highest BCUT2D eigenvalue weighted by Crippen LogP contribution is 2.16. The number of aryl methyl sites for hydroxylation is 1. The largest absolute Gasteiger partial charge is 0.480 e. The molecular formula is C12H15FN2O3S. The first-order valence-electron chi connectivity index (χ1n) is 5.52. The number of nitrogens with two attached hydrogens (primary N) is 1. The maximum absolute atomic E-state index is 13.0. The molecule has 104 valence electrons. The van der Waals surface area contributed by atoms with Crippen molar-refractivity contribution in [1.82, 2.24) is 0 Å². The summed E-state index contributed by atoms with van der Waals surface area (Å²) in [6, 6.07) is 3.12. The maximum Gasteiger partial charge on any atom is 0.321 e. The second kappa shape index (κ2) is 7.10. The van der Waals surface area contributed by atoms with E-state index in [1.807, 2.05) is 0 Å². The standard InChI is InChI=1S/C12H15FN2O3S/c1-7-2-3-8(13)4-10(7)15-11(16)6-19-5-9(14)12(17)18/h2-4,9H,5-6,14H2,1H3,(H,15,16)(H,17,18)/t9-/m1/s1. The lowest BCUT2D eigenvalue weighted by atomic mass is 10.2. The van der Waals surface area contributed by atoms with Crippen LogP contribution in [0.2, 0.25) is 0 Å². The number of anilines is 1. The van der Waals surface area contributed by atoms with Crippen LogP contribution in [0.4, 0.5) is 10.1 Å². The number of halogens is 1. The van der Waals surface area contributed by atoms with Crippen LogP contribution < -0.4 is 11.1 Å². The molecule has 5 nitrogen and oxygen atoms in total. The number of amides is 1. The van der Waals surface area contributed by atoms with Gasteiger partial charge in [-0.1, -0.05) is 6.07 Å². The summed E-state index contributed by atoms with van der Waals surface area (Å²) in [5, 5.41) is 11.1. The van der Waals surface area contributed by atoms with Crippen molar-refractivity contribution in [3.63, 3.8) is 0 Å². The number of thioether (sulfide) groups is 1. The number of carboxylic acids is 1. The first kappa shape index (κ1) is 15.5. The van der Waals surface area contributed by atoms with E-state index in [1.54, 1.807) is 13.0 Å². The third-order valence-electron chi connectivity index (χ3n) is 2.32. The third-order valence-corrected chi connectivity index (χ3v) is 3.38. The van der Waals surface area contributed by atoms with E-state index in [2.05, 4.69) is 5.32 Å². The summed E-state index contributed by atoms with van der Waals surface area (Å²) in [4.78, 5) is 22.1. The molecule has 1 aromatic rings. The van der Waals surface area contributed by atoms with Crippen LogP contribution >= 0.6 is 11.8 Å². The molecule has 1 aromatic carbocycles. The molecule has 0 heterocycles. The second-order valence-corrected chi connectivity index (χ2v) is 5.00. The molecule has 0 unspecified atom stereocenters. The molecule has 1 atom stereocenters. The normalized spacial score (nSPS) is 11.9. The van der Waals surface area contributed by atoms with Crippen molar-refractivity contribution in [3.05, 3.63) is 29.6 Å². The van der Waals surface area contributed by atoms with E-state index in [-0.39, 0.29) is 17.4 Å². The first-order chi connectivity index (χ1) is 8.90. The lowest BCUT2D eigenvalue weighted by Gasteiger charge is -2.09. The van der Waals surface area contributed by atoms with Gasteiger partial charge in [-0.15, -0.1) is 11.8 Å². The van der Waals surface area contributed by atoms with Crippen LogP contribution in [-0.4, -0.2) is 34.5 Å². The fraction of sp³-hybridized carbons (Fsp3) is 0.333. The van der Waals surface area contributed by atoms with Gasteiger partial charge in [0.25, 0.3) is 0 Å². The van der Waals surface area contributed by atoms with Crippen molar-refractivity contribution >= 4 is 29.3 Å². The van der Waals surface area contributed by atoms with Crippen LogP contribution in [0.3, 0.4) is 0 Å². The lowest BCUT2D eigenvalue weighted by Crippen LogP contribution is -2.33. The molecule has 7 heteroatoms. The van der Waals surface area contributed by atoms with Crippen molar-refractivity contribution in [2.45, 2.75) is 13.0 Å². The molecule has 0 saturated heterocycles. The average molecular weight is 286 g/mol. The molecule has 0 radical (unpaired) electrons. The van der Waals surface area contributed by atoms with Gasteiger partial charge in [0, 0.05) is 11.4 Å². The Hall–Kier alpha value is -1.60. The van der Waals surface area contributed by atoms with Gasteiger partial charge in [0.15, 0.2) is 0 Å². The number of nitrogens with one attached hydrogen (secondary N) is 1. The number of hydrogen-bond acceptors (Lipinski definition) is 4. The van der Waals surface area contributed by atoms with E-state index in [4.69, 9.17) is 10.8 Å². The first-order valence-corrected chi connectivity index (χ1v) is 6.67. The van der Waals surface area contributed by atoms with Gasteiger partial charge >= 0.3 is 5.97 Å². The van der Waals surface area contributed by atoms with Gasteiger partial charge in [0.1, 0.15) is 11.9 Å². The predicted molar refractivity (Wildman–Crippen MR) is 72.7 cm³/mol. The van der Waals surface area contributed by atoms with Crippen LogP contribution in [0.15, 0.2) is 18.2 Å². The molecule has 1 amide bonds. The van der Waals surface area contributed by atoms with Crippen LogP contribution in [0.5, 0.6) is 0 Å². The maximum atomic E-state index is 13.0. The Bertz CT molecular complexity index is 482. The fourth-order valence-electron chi connectivity index (χ4n) is 1.27. The summed E-state index contributed by atoms with van der Waals surface area (Å²) < 4.78 is 13.0. The summed E-state index contributed by atoms with van der Waals surface area (Å²) in [7, 11) is 0. The van der Waals surface area contributed by atoms with Gasteiger partial charge in [-0.05, 0) is 24.6 Å². The minimum atomic E-state index is -1.10. The number of benzene rings is 1. The number of aliphatic carboxylic acids is 1.